The highest BCUT2D eigenvalue weighted by molar-refractivity contribution is 7.91. The lowest BCUT2D eigenvalue weighted by molar-refractivity contribution is -0.122. The molecule has 0 aromatic heterocycles. The fraction of sp³-hybridized carbons (Fsp3) is 0.900. The highest BCUT2D eigenvalue weighted by Crippen LogP contribution is 2.05. The third kappa shape index (κ3) is 5.30. The highest BCUT2D eigenvalue weighted by atomic mass is 32.2. The second-order valence-corrected chi connectivity index (χ2v) is 6.60. The normalized spacial score (nSPS) is 24.4. The number of hydrogen-bond donors (Lipinski definition) is 3. The van der Waals surface area contributed by atoms with E-state index in [1.165, 1.54) is 7.11 Å². The first-order valence-electron chi connectivity index (χ1n) is 5.80. The minimum atomic E-state index is -3.04. The Bertz CT molecular complexity index is 370. The van der Waals surface area contributed by atoms with Gasteiger partial charge in [-0.2, -0.15) is 0 Å². The molecule has 0 saturated carbocycles. The van der Waals surface area contributed by atoms with Crippen LogP contribution in [0.25, 0.3) is 0 Å². The van der Waals surface area contributed by atoms with Crippen molar-refractivity contribution in [3.05, 3.63) is 0 Å². The summed E-state index contributed by atoms with van der Waals surface area (Å²) < 4.78 is 27.6. The van der Waals surface area contributed by atoms with E-state index in [-0.39, 0.29) is 43.1 Å². The quantitative estimate of drug-likeness (QED) is 0.514. The van der Waals surface area contributed by atoms with E-state index in [2.05, 4.69) is 10.6 Å². The van der Waals surface area contributed by atoms with Crippen LogP contribution in [0.5, 0.6) is 0 Å². The molecule has 0 aliphatic carbocycles. The number of aliphatic hydroxyl groups is 1. The zero-order valence-corrected chi connectivity index (χ0v) is 11.2. The average Bonchev–Trinajstić information content (AvgIpc) is 2.26. The van der Waals surface area contributed by atoms with Crippen LogP contribution < -0.4 is 10.6 Å². The van der Waals surface area contributed by atoms with Crippen molar-refractivity contribution in [3.63, 3.8) is 0 Å². The van der Waals surface area contributed by atoms with Crippen molar-refractivity contribution in [3.8, 4) is 0 Å². The molecule has 0 bridgehead atoms. The molecule has 3 N–H and O–H groups in total. The molecule has 0 aromatic rings. The maximum Gasteiger partial charge on any atom is 0.221 e. The van der Waals surface area contributed by atoms with Gasteiger partial charge in [0.25, 0.3) is 0 Å². The number of carbonyl (C=O) groups is 1. The molecule has 0 radical (unpaired) electrons. The number of aliphatic hydroxyl groups excluding tert-OH is 1. The third-order valence-corrected chi connectivity index (χ3v) is 4.42. The van der Waals surface area contributed by atoms with Gasteiger partial charge in [0.05, 0.1) is 30.8 Å². The molecule has 1 aliphatic rings. The number of sulfone groups is 1. The molecule has 0 spiro atoms. The molecule has 1 rings (SSSR count). The predicted molar refractivity (Wildman–Crippen MR) is 66.0 cm³/mol. The maximum atomic E-state index is 11.7. The molecule has 18 heavy (non-hydrogen) atoms. The number of rotatable bonds is 6. The smallest absolute Gasteiger partial charge is 0.221 e. The van der Waals surface area contributed by atoms with E-state index in [0.29, 0.717) is 6.54 Å². The van der Waals surface area contributed by atoms with Gasteiger partial charge in [-0.25, -0.2) is 8.42 Å². The largest absolute Gasteiger partial charge is 0.394 e. The fourth-order valence-corrected chi connectivity index (χ4v) is 3.29. The summed E-state index contributed by atoms with van der Waals surface area (Å²) in [6.45, 7) is 0.385. The van der Waals surface area contributed by atoms with E-state index >= 15 is 0 Å². The predicted octanol–water partition coefficient (Wildman–Crippen LogP) is -2.11. The Kier molecular flexibility index (Phi) is 6.00. The van der Waals surface area contributed by atoms with Gasteiger partial charge >= 0.3 is 0 Å². The molecule has 106 valence electrons. The molecule has 1 saturated heterocycles. The van der Waals surface area contributed by atoms with E-state index in [9.17, 15) is 13.2 Å². The number of methoxy groups -OCH3 is 1. The van der Waals surface area contributed by atoms with Gasteiger partial charge in [-0.15, -0.1) is 0 Å². The lowest BCUT2D eigenvalue weighted by atomic mass is 10.2. The molecule has 0 aromatic carbocycles. The van der Waals surface area contributed by atoms with Crippen molar-refractivity contribution < 1.29 is 23.1 Å². The first kappa shape index (κ1) is 15.4. The minimum Gasteiger partial charge on any atom is -0.394 e. The van der Waals surface area contributed by atoms with Gasteiger partial charge in [0.15, 0.2) is 9.84 Å². The Balaban J connectivity index is 2.39. The number of hydrogen-bond acceptors (Lipinski definition) is 6. The number of nitrogens with one attached hydrogen (secondary N) is 2. The van der Waals surface area contributed by atoms with Crippen molar-refractivity contribution in [1.29, 1.82) is 0 Å². The van der Waals surface area contributed by atoms with Crippen LogP contribution in [0.4, 0.5) is 0 Å². The average molecular weight is 280 g/mol. The van der Waals surface area contributed by atoms with Crippen molar-refractivity contribution in [1.82, 2.24) is 10.6 Å². The van der Waals surface area contributed by atoms with Gasteiger partial charge in [0.2, 0.25) is 5.91 Å². The van der Waals surface area contributed by atoms with E-state index < -0.39 is 15.9 Å². The van der Waals surface area contributed by atoms with Gasteiger partial charge in [0, 0.05) is 26.1 Å². The van der Waals surface area contributed by atoms with Crippen LogP contribution in [-0.4, -0.2) is 69.9 Å². The van der Waals surface area contributed by atoms with Crippen molar-refractivity contribution >= 4 is 15.7 Å². The summed E-state index contributed by atoms with van der Waals surface area (Å²) >= 11 is 0. The molecule has 7 nitrogen and oxygen atoms in total. The summed E-state index contributed by atoms with van der Waals surface area (Å²) in [5.41, 5.74) is 0. The van der Waals surface area contributed by atoms with Crippen molar-refractivity contribution in [2.24, 2.45) is 0 Å². The Hall–Kier alpha value is -0.700. The highest BCUT2D eigenvalue weighted by Gasteiger charge is 2.26. The van der Waals surface area contributed by atoms with Gasteiger partial charge in [-0.1, -0.05) is 0 Å². The van der Waals surface area contributed by atoms with E-state index in [0.717, 1.165) is 0 Å². The van der Waals surface area contributed by atoms with Crippen molar-refractivity contribution in [2.45, 2.75) is 18.5 Å². The van der Waals surface area contributed by atoms with Crippen LogP contribution in [-0.2, 0) is 19.4 Å². The van der Waals surface area contributed by atoms with Crippen LogP contribution >= 0.6 is 0 Å². The maximum absolute atomic E-state index is 11.7. The van der Waals surface area contributed by atoms with E-state index in [1.54, 1.807) is 0 Å². The SMILES string of the molecule is COCC(CO)NC(=O)CC1CS(=O)(=O)CCN1. The van der Waals surface area contributed by atoms with Crippen LogP contribution in [0.1, 0.15) is 6.42 Å². The molecule has 1 fully saturated rings. The first-order valence-corrected chi connectivity index (χ1v) is 7.62. The van der Waals surface area contributed by atoms with Crippen LogP contribution in [0.15, 0.2) is 0 Å². The second-order valence-electron chi connectivity index (χ2n) is 4.37. The molecule has 2 unspecified atom stereocenters. The Morgan fingerprint density at radius 3 is 2.89 bits per heavy atom. The van der Waals surface area contributed by atoms with E-state index in [1.807, 2.05) is 0 Å². The zero-order chi connectivity index (χ0) is 13.6. The lowest BCUT2D eigenvalue weighted by Gasteiger charge is -2.24. The number of ether oxygens (including phenoxy) is 1. The minimum absolute atomic E-state index is 0.0194. The Labute approximate surface area is 107 Å². The topological polar surface area (TPSA) is 105 Å². The molecule has 1 amide bonds. The summed E-state index contributed by atoms with van der Waals surface area (Å²) in [6, 6.07) is -0.812. The monoisotopic (exact) mass is 280 g/mol. The van der Waals surface area contributed by atoms with E-state index in [4.69, 9.17) is 9.84 Å². The zero-order valence-electron chi connectivity index (χ0n) is 10.4. The summed E-state index contributed by atoms with van der Waals surface area (Å²) in [6.07, 6.45) is 0.0828. The van der Waals surface area contributed by atoms with Crippen LogP contribution in [0.3, 0.4) is 0 Å². The standard InChI is InChI=1S/C10H20N2O5S/c1-17-6-9(5-13)12-10(14)4-8-7-18(15,16)3-2-11-8/h8-9,11,13H,2-7H2,1H3,(H,12,14). The van der Waals surface area contributed by atoms with Crippen LogP contribution in [0.2, 0.25) is 0 Å². The number of amides is 1. The fourth-order valence-electron chi connectivity index (χ4n) is 1.85. The summed E-state index contributed by atoms with van der Waals surface area (Å²) in [5, 5.41) is 14.6. The first-order chi connectivity index (χ1) is 8.46. The second kappa shape index (κ2) is 7.03. The van der Waals surface area contributed by atoms with Crippen LogP contribution in [0, 0.1) is 0 Å². The number of carbonyl (C=O) groups excluding carboxylic acids is 1. The van der Waals surface area contributed by atoms with Gasteiger partial charge < -0.3 is 20.5 Å². The molecule has 1 heterocycles. The van der Waals surface area contributed by atoms with Gasteiger partial charge in [0.1, 0.15) is 0 Å². The molecule has 8 heteroatoms. The lowest BCUT2D eigenvalue weighted by Crippen LogP contribution is -2.49. The molecular formula is C10H20N2O5S. The summed E-state index contributed by atoms with van der Waals surface area (Å²) in [5.74, 6) is -0.191. The summed E-state index contributed by atoms with van der Waals surface area (Å²) in [4.78, 5) is 11.7. The Morgan fingerprint density at radius 1 is 1.61 bits per heavy atom. The molecule has 2 atom stereocenters. The van der Waals surface area contributed by atoms with Gasteiger partial charge in [-0.05, 0) is 0 Å². The Morgan fingerprint density at radius 2 is 2.33 bits per heavy atom. The molecule has 1 aliphatic heterocycles. The molecular weight excluding hydrogens is 260 g/mol. The van der Waals surface area contributed by atoms with Gasteiger partial charge in [-0.3, -0.25) is 4.79 Å². The summed E-state index contributed by atoms with van der Waals surface area (Å²) in [7, 11) is -1.56. The third-order valence-electron chi connectivity index (χ3n) is 2.69. The van der Waals surface area contributed by atoms with Crippen molar-refractivity contribution in [2.75, 3.05) is 38.4 Å².